The highest BCUT2D eigenvalue weighted by Crippen LogP contribution is 2.27. The third-order valence-electron chi connectivity index (χ3n) is 4.24. The minimum absolute atomic E-state index is 0.138. The van der Waals surface area contributed by atoms with Crippen molar-refractivity contribution in [1.29, 1.82) is 0 Å². The number of rotatable bonds is 5. The van der Waals surface area contributed by atoms with Crippen molar-refractivity contribution in [1.82, 2.24) is 5.32 Å². The maximum Gasteiger partial charge on any atom is 0.120 e. The predicted molar refractivity (Wildman–Crippen MR) is 87.8 cm³/mol. The molecule has 3 nitrogen and oxygen atoms in total. The lowest BCUT2D eigenvalue weighted by molar-refractivity contribution is 0.135. The van der Waals surface area contributed by atoms with Crippen molar-refractivity contribution in [3.05, 3.63) is 65.7 Å². The van der Waals surface area contributed by atoms with Crippen molar-refractivity contribution in [3.8, 4) is 5.75 Å². The summed E-state index contributed by atoms with van der Waals surface area (Å²) in [5.74, 6) is 0.798. The standard InChI is InChI=1S/C19H23NO2/c1-14-10-11-18(20-14)19(21)16-8-5-9-17(12-16)22-13-15-6-3-2-4-7-15/h2-9,12,14,18-21H,10-11,13H2,1H3. The third-order valence-corrected chi connectivity index (χ3v) is 4.24. The van der Waals surface area contributed by atoms with E-state index in [0.717, 1.165) is 29.7 Å². The zero-order valence-electron chi connectivity index (χ0n) is 12.9. The van der Waals surface area contributed by atoms with Gasteiger partial charge in [-0.3, -0.25) is 0 Å². The van der Waals surface area contributed by atoms with Crippen molar-refractivity contribution in [2.75, 3.05) is 0 Å². The summed E-state index contributed by atoms with van der Waals surface area (Å²) in [7, 11) is 0. The molecule has 0 aromatic heterocycles. The lowest BCUT2D eigenvalue weighted by Gasteiger charge is -2.20. The van der Waals surface area contributed by atoms with E-state index in [9.17, 15) is 5.11 Å². The van der Waals surface area contributed by atoms with E-state index in [1.807, 2.05) is 54.6 Å². The Morgan fingerprint density at radius 3 is 2.68 bits per heavy atom. The second kappa shape index (κ2) is 6.95. The molecule has 0 bridgehead atoms. The first-order valence-corrected chi connectivity index (χ1v) is 7.93. The van der Waals surface area contributed by atoms with E-state index >= 15 is 0 Å². The van der Waals surface area contributed by atoms with Gasteiger partial charge in [-0.15, -0.1) is 0 Å². The van der Waals surface area contributed by atoms with Crippen molar-refractivity contribution in [2.45, 2.75) is 44.6 Å². The molecule has 0 radical (unpaired) electrons. The summed E-state index contributed by atoms with van der Waals surface area (Å²) in [5.41, 5.74) is 2.05. The molecule has 3 unspecified atom stereocenters. The molecule has 0 spiro atoms. The molecule has 0 amide bonds. The fourth-order valence-corrected chi connectivity index (χ4v) is 2.97. The molecule has 2 aromatic rings. The summed E-state index contributed by atoms with van der Waals surface area (Å²) in [6.45, 7) is 2.70. The van der Waals surface area contributed by atoms with Gasteiger partial charge in [-0.1, -0.05) is 42.5 Å². The predicted octanol–water partition coefficient (Wildman–Crippen LogP) is 3.44. The molecule has 3 heteroatoms. The Kier molecular flexibility index (Phi) is 4.76. The van der Waals surface area contributed by atoms with Gasteiger partial charge in [0.2, 0.25) is 0 Å². The van der Waals surface area contributed by atoms with Crippen LogP contribution in [0.1, 0.15) is 37.0 Å². The molecular formula is C19H23NO2. The van der Waals surface area contributed by atoms with Crippen LogP contribution in [0, 0.1) is 0 Å². The van der Waals surface area contributed by atoms with Crippen LogP contribution in [-0.4, -0.2) is 17.2 Å². The molecule has 3 rings (SSSR count). The zero-order valence-corrected chi connectivity index (χ0v) is 12.9. The van der Waals surface area contributed by atoms with Crippen LogP contribution in [-0.2, 0) is 6.61 Å². The fraction of sp³-hybridized carbons (Fsp3) is 0.368. The average molecular weight is 297 g/mol. The van der Waals surface area contributed by atoms with Crippen LogP contribution >= 0.6 is 0 Å². The van der Waals surface area contributed by atoms with Crippen LogP contribution < -0.4 is 10.1 Å². The van der Waals surface area contributed by atoms with Crippen LogP contribution in [0.4, 0.5) is 0 Å². The normalized spacial score (nSPS) is 22.5. The summed E-state index contributed by atoms with van der Waals surface area (Å²) in [6, 6.07) is 18.5. The van der Waals surface area contributed by atoms with Gasteiger partial charge in [-0.2, -0.15) is 0 Å². The molecule has 1 saturated heterocycles. The quantitative estimate of drug-likeness (QED) is 0.888. The number of benzene rings is 2. The molecule has 1 fully saturated rings. The molecule has 1 heterocycles. The number of hydrogen-bond acceptors (Lipinski definition) is 3. The second-order valence-electron chi connectivity index (χ2n) is 6.04. The van der Waals surface area contributed by atoms with E-state index in [1.165, 1.54) is 0 Å². The van der Waals surface area contributed by atoms with E-state index in [1.54, 1.807) is 0 Å². The van der Waals surface area contributed by atoms with E-state index in [4.69, 9.17) is 4.74 Å². The first-order chi connectivity index (χ1) is 10.7. The van der Waals surface area contributed by atoms with Crippen LogP contribution in [0.15, 0.2) is 54.6 Å². The van der Waals surface area contributed by atoms with Gasteiger partial charge in [0.1, 0.15) is 12.4 Å². The summed E-state index contributed by atoms with van der Waals surface area (Å²) < 4.78 is 5.84. The monoisotopic (exact) mass is 297 g/mol. The van der Waals surface area contributed by atoms with Gasteiger partial charge in [0.25, 0.3) is 0 Å². The highest BCUT2D eigenvalue weighted by Gasteiger charge is 2.27. The van der Waals surface area contributed by atoms with Crippen LogP contribution in [0.5, 0.6) is 5.75 Å². The zero-order chi connectivity index (χ0) is 15.4. The Labute approximate surface area is 131 Å². The Morgan fingerprint density at radius 1 is 1.14 bits per heavy atom. The SMILES string of the molecule is CC1CCC(C(O)c2cccc(OCc3ccccc3)c2)N1. The smallest absolute Gasteiger partial charge is 0.120 e. The van der Waals surface area contributed by atoms with Crippen LogP contribution in [0.2, 0.25) is 0 Å². The van der Waals surface area contributed by atoms with Crippen molar-refractivity contribution in [2.24, 2.45) is 0 Å². The summed E-state index contributed by atoms with van der Waals surface area (Å²) >= 11 is 0. The minimum atomic E-state index is -0.481. The lowest BCUT2D eigenvalue weighted by atomic mass is 10.0. The number of nitrogens with one attached hydrogen (secondary N) is 1. The van der Waals surface area contributed by atoms with E-state index in [0.29, 0.717) is 12.6 Å². The highest BCUT2D eigenvalue weighted by molar-refractivity contribution is 5.31. The topological polar surface area (TPSA) is 41.5 Å². The molecule has 0 saturated carbocycles. The molecule has 2 N–H and O–H groups in total. The first-order valence-electron chi connectivity index (χ1n) is 7.93. The Bertz CT molecular complexity index is 599. The van der Waals surface area contributed by atoms with Crippen molar-refractivity contribution >= 4 is 0 Å². The molecule has 2 aromatic carbocycles. The summed E-state index contributed by atoms with van der Waals surface area (Å²) in [6.07, 6.45) is 1.65. The van der Waals surface area contributed by atoms with E-state index in [2.05, 4.69) is 12.2 Å². The summed E-state index contributed by atoms with van der Waals surface area (Å²) in [5, 5.41) is 14.0. The highest BCUT2D eigenvalue weighted by atomic mass is 16.5. The number of hydrogen-bond donors (Lipinski definition) is 2. The van der Waals surface area contributed by atoms with Crippen LogP contribution in [0.25, 0.3) is 0 Å². The van der Waals surface area contributed by atoms with Crippen molar-refractivity contribution in [3.63, 3.8) is 0 Å². The van der Waals surface area contributed by atoms with E-state index < -0.39 is 6.10 Å². The van der Waals surface area contributed by atoms with Gasteiger partial charge < -0.3 is 15.2 Å². The van der Waals surface area contributed by atoms with Crippen molar-refractivity contribution < 1.29 is 9.84 Å². The molecule has 3 atom stereocenters. The molecule has 0 aliphatic carbocycles. The summed E-state index contributed by atoms with van der Waals surface area (Å²) in [4.78, 5) is 0. The Hall–Kier alpha value is -1.84. The van der Waals surface area contributed by atoms with Crippen LogP contribution in [0.3, 0.4) is 0 Å². The second-order valence-corrected chi connectivity index (χ2v) is 6.04. The van der Waals surface area contributed by atoms with Gasteiger partial charge in [0.05, 0.1) is 6.10 Å². The number of ether oxygens (including phenoxy) is 1. The molecular weight excluding hydrogens is 274 g/mol. The minimum Gasteiger partial charge on any atom is -0.489 e. The van der Waals surface area contributed by atoms with Gasteiger partial charge in [-0.05, 0) is 43.0 Å². The average Bonchev–Trinajstić information content (AvgIpc) is 3.00. The largest absolute Gasteiger partial charge is 0.489 e. The fourth-order valence-electron chi connectivity index (χ4n) is 2.97. The molecule has 1 aliphatic heterocycles. The maximum atomic E-state index is 10.5. The third kappa shape index (κ3) is 3.67. The van der Waals surface area contributed by atoms with Gasteiger partial charge in [-0.25, -0.2) is 0 Å². The van der Waals surface area contributed by atoms with E-state index in [-0.39, 0.29) is 6.04 Å². The maximum absolute atomic E-state index is 10.5. The van der Waals surface area contributed by atoms with Gasteiger partial charge >= 0.3 is 0 Å². The molecule has 1 aliphatic rings. The first kappa shape index (κ1) is 15.1. The number of aliphatic hydroxyl groups is 1. The molecule has 116 valence electrons. The van der Waals surface area contributed by atoms with Gasteiger partial charge in [0, 0.05) is 12.1 Å². The molecule has 22 heavy (non-hydrogen) atoms. The Balaban J connectivity index is 1.64. The lowest BCUT2D eigenvalue weighted by Crippen LogP contribution is -2.32. The Morgan fingerprint density at radius 2 is 1.95 bits per heavy atom. The number of aliphatic hydroxyl groups excluding tert-OH is 1. The van der Waals surface area contributed by atoms with Gasteiger partial charge in [0.15, 0.2) is 0 Å².